The number of halogens is 1. The smallest absolute Gasteiger partial charge is 0.330 e. The molecular weight excluding hydrogens is 381 g/mol. The maximum atomic E-state index is 15.4. The Labute approximate surface area is 174 Å². The summed E-state index contributed by atoms with van der Waals surface area (Å²) >= 11 is 0. The molecule has 0 fully saturated rings. The molecular formula is C24H22FN3O2. The summed E-state index contributed by atoms with van der Waals surface area (Å²) < 4.78 is 21.6. The zero-order valence-corrected chi connectivity index (χ0v) is 17.1. The molecule has 3 aromatic carbocycles. The van der Waals surface area contributed by atoms with Crippen LogP contribution in [0.4, 0.5) is 10.1 Å². The van der Waals surface area contributed by atoms with Crippen molar-refractivity contribution in [3.63, 3.8) is 0 Å². The number of anilines is 1. The number of aromatic nitrogens is 2. The van der Waals surface area contributed by atoms with Crippen LogP contribution in [0.1, 0.15) is 11.1 Å². The fourth-order valence-corrected chi connectivity index (χ4v) is 3.70. The average molecular weight is 403 g/mol. The number of hydrogen-bond acceptors (Lipinski definition) is 4. The molecule has 6 heteroatoms. The molecule has 152 valence electrons. The number of hydrogen-bond donors (Lipinski definition) is 0. The largest absolute Gasteiger partial charge is 0.466 e. The molecule has 0 atom stereocenters. The van der Waals surface area contributed by atoms with Crippen molar-refractivity contribution in [2.24, 2.45) is 7.05 Å². The number of fused-ring (bicyclic) bond motifs is 2. The monoisotopic (exact) mass is 403 g/mol. The summed E-state index contributed by atoms with van der Waals surface area (Å²) in [5.41, 5.74) is 3.24. The lowest BCUT2D eigenvalue weighted by Crippen LogP contribution is -2.16. The normalized spacial score (nSPS) is 11.5. The minimum Gasteiger partial charge on any atom is -0.466 e. The molecule has 0 saturated heterocycles. The molecule has 1 heterocycles. The molecule has 0 unspecified atom stereocenters. The van der Waals surface area contributed by atoms with E-state index in [-0.39, 0.29) is 5.82 Å². The van der Waals surface area contributed by atoms with Crippen molar-refractivity contribution in [3.8, 4) is 0 Å². The summed E-state index contributed by atoms with van der Waals surface area (Å²) in [7, 11) is 5.06. The van der Waals surface area contributed by atoms with E-state index in [1.807, 2.05) is 55.6 Å². The second-order valence-electron chi connectivity index (χ2n) is 7.22. The van der Waals surface area contributed by atoms with E-state index in [4.69, 9.17) is 0 Å². The third kappa shape index (κ3) is 3.64. The van der Waals surface area contributed by atoms with Gasteiger partial charge in [-0.2, -0.15) is 5.10 Å². The SMILES string of the molecule is COC(=O)/C=C/c1cccc(N(C)Cc2cccc3cc4cnn(C)c4c(F)c23)c1. The van der Waals surface area contributed by atoms with E-state index in [1.165, 1.54) is 13.2 Å². The van der Waals surface area contributed by atoms with Crippen molar-refractivity contribution in [3.05, 3.63) is 77.7 Å². The number of carbonyl (C=O) groups is 1. The fraction of sp³-hybridized carbons (Fsp3) is 0.167. The van der Waals surface area contributed by atoms with Gasteiger partial charge in [-0.05, 0) is 40.8 Å². The number of rotatable bonds is 5. The van der Waals surface area contributed by atoms with Crippen molar-refractivity contribution >= 4 is 39.4 Å². The van der Waals surface area contributed by atoms with Crippen LogP contribution in [0.3, 0.4) is 0 Å². The minimum absolute atomic E-state index is 0.249. The van der Waals surface area contributed by atoms with E-state index in [2.05, 4.69) is 14.7 Å². The van der Waals surface area contributed by atoms with Crippen LogP contribution in [-0.4, -0.2) is 29.9 Å². The predicted molar refractivity (Wildman–Crippen MR) is 118 cm³/mol. The van der Waals surface area contributed by atoms with Crippen LogP contribution >= 0.6 is 0 Å². The Balaban J connectivity index is 1.69. The number of ether oxygens (including phenoxy) is 1. The van der Waals surface area contributed by atoms with Crippen molar-refractivity contribution in [1.82, 2.24) is 9.78 Å². The van der Waals surface area contributed by atoms with Gasteiger partial charge in [0.05, 0.1) is 13.3 Å². The number of methoxy groups -OCH3 is 1. The van der Waals surface area contributed by atoms with Gasteiger partial charge in [0.25, 0.3) is 0 Å². The van der Waals surface area contributed by atoms with E-state index >= 15 is 4.39 Å². The zero-order chi connectivity index (χ0) is 21.3. The topological polar surface area (TPSA) is 47.4 Å². The second-order valence-corrected chi connectivity index (χ2v) is 7.22. The van der Waals surface area contributed by atoms with Crippen molar-refractivity contribution < 1.29 is 13.9 Å². The average Bonchev–Trinajstić information content (AvgIpc) is 3.13. The minimum atomic E-state index is -0.401. The van der Waals surface area contributed by atoms with Gasteiger partial charge in [-0.3, -0.25) is 4.68 Å². The Hall–Kier alpha value is -3.67. The van der Waals surface area contributed by atoms with E-state index < -0.39 is 5.97 Å². The van der Waals surface area contributed by atoms with Gasteiger partial charge in [0, 0.05) is 43.2 Å². The Bertz CT molecular complexity index is 1280. The van der Waals surface area contributed by atoms with Gasteiger partial charge < -0.3 is 9.64 Å². The molecule has 0 aliphatic rings. The zero-order valence-electron chi connectivity index (χ0n) is 17.1. The van der Waals surface area contributed by atoms with Crippen molar-refractivity contribution in [2.45, 2.75) is 6.54 Å². The molecule has 0 radical (unpaired) electrons. The summed E-state index contributed by atoms with van der Waals surface area (Å²) in [6.07, 6.45) is 4.78. The predicted octanol–water partition coefficient (Wildman–Crippen LogP) is 4.69. The first-order valence-corrected chi connectivity index (χ1v) is 9.57. The van der Waals surface area contributed by atoms with E-state index in [1.54, 1.807) is 24.0 Å². The lowest BCUT2D eigenvalue weighted by Gasteiger charge is -2.21. The quantitative estimate of drug-likeness (QED) is 0.358. The highest BCUT2D eigenvalue weighted by molar-refractivity contribution is 5.99. The van der Waals surface area contributed by atoms with E-state index in [0.29, 0.717) is 17.4 Å². The van der Waals surface area contributed by atoms with E-state index in [0.717, 1.165) is 27.6 Å². The van der Waals surface area contributed by atoms with Gasteiger partial charge in [-0.15, -0.1) is 0 Å². The van der Waals surface area contributed by atoms with Crippen molar-refractivity contribution in [2.75, 3.05) is 19.1 Å². The Morgan fingerprint density at radius 2 is 2.00 bits per heavy atom. The maximum Gasteiger partial charge on any atom is 0.330 e. The van der Waals surface area contributed by atoms with Crippen LogP contribution in [0.5, 0.6) is 0 Å². The summed E-state index contributed by atoms with van der Waals surface area (Å²) in [5.74, 6) is -0.650. The van der Waals surface area contributed by atoms with Crippen molar-refractivity contribution in [1.29, 1.82) is 0 Å². The molecule has 5 nitrogen and oxygen atoms in total. The maximum absolute atomic E-state index is 15.4. The Morgan fingerprint density at radius 3 is 2.80 bits per heavy atom. The highest BCUT2D eigenvalue weighted by atomic mass is 19.1. The highest BCUT2D eigenvalue weighted by Gasteiger charge is 2.15. The van der Waals surface area contributed by atoms with Gasteiger partial charge in [0.2, 0.25) is 0 Å². The Morgan fingerprint density at radius 1 is 1.20 bits per heavy atom. The number of carbonyl (C=O) groups excluding carboxylic acids is 1. The number of aryl methyl sites for hydroxylation is 1. The van der Waals surface area contributed by atoms with Gasteiger partial charge in [0.15, 0.2) is 5.82 Å². The second kappa shape index (κ2) is 7.99. The molecule has 1 aromatic heterocycles. The van der Waals surface area contributed by atoms with Crippen LogP contribution in [0.2, 0.25) is 0 Å². The summed E-state index contributed by atoms with van der Waals surface area (Å²) in [6, 6.07) is 15.6. The number of nitrogens with zero attached hydrogens (tertiary/aromatic N) is 3. The van der Waals surface area contributed by atoms with Crippen LogP contribution < -0.4 is 4.90 Å². The summed E-state index contributed by atoms with van der Waals surface area (Å²) in [6.45, 7) is 0.530. The molecule has 0 saturated carbocycles. The molecule has 0 aliphatic carbocycles. The van der Waals surface area contributed by atoms with Crippen LogP contribution in [0.15, 0.2) is 60.8 Å². The van der Waals surface area contributed by atoms with Crippen LogP contribution in [0, 0.1) is 5.82 Å². The molecule has 4 aromatic rings. The lowest BCUT2D eigenvalue weighted by molar-refractivity contribution is -0.134. The number of esters is 1. The van der Waals surface area contributed by atoms with Gasteiger partial charge >= 0.3 is 5.97 Å². The standard InChI is InChI=1S/C24H22FN3O2/c1-27(20-9-4-6-16(12-20)10-11-21(29)30-3)15-18-8-5-7-17-13-19-14-26-28(2)24(19)23(25)22(17)18/h4-14H,15H2,1-3H3/b11-10+. The number of benzene rings is 3. The molecule has 0 aliphatic heterocycles. The third-order valence-electron chi connectivity index (χ3n) is 5.22. The summed E-state index contributed by atoms with van der Waals surface area (Å²) in [4.78, 5) is 13.4. The Kier molecular flexibility index (Phi) is 5.23. The molecule has 0 spiro atoms. The first-order valence-electron chi connectivity index (χ1n) is 9.57. The van der Waals surface area contributed by atoms with Gasteiger partial charge in [-0.25, -0.2) is 9.18 Å². The van der Waals surface area contributed by atoms with E-state index in [9.17, 15) is 4.79 Å². The van der Waals surface area contributed by atoms with Gasteiger partial charge in [-0.1, -0.05) is 30.3 Å². The fourth-order valence-electron chi connectivity index (χ4n) is 3.70. The molecule has 0 N–H and O–H groups in total. The summed E-state index contributed by atoms with van der Waals surface area (Å²) in [5, 5.41) is 6.45. The first kappa shape index (κ1) is 19.6. The first-order chi connectivity index (χ1) is 14.5. The third-order valence-corrected chi connectivity index (χ3v) is 5.22. The van der Waals surface area contributed by atoms with Gasteiger partial charge in [0.1, 0.15) is 5.52 Å². The lowest BCUT2D eigenvalue weighted by atomic mass is 10.0. The molecule has 0 bridgehead atoms. The molecule has 0 amide bonds. The molecule has 4 rings (SSSR count). The highest BCUT2D eigenvalue weighted by Crippen LogP contribution is 2.30. The van der Waals surface area contributed by atoms with Crippen LogP contribution in [0.25, 0.3) is 27.8 Å². The van der Waals surface area contributed by atoms with Crippen LogP contribution in [-0.2, 0) is 23.1 Å². The molecule has 30 heavy (non-hydrogen) atoms.